The van der Waals surface area contributed by atoms with E-state index in [1.807, 2.05) is 6.07 Å². The summed E-state index contributed by atoms with van der Waals surface area (Å²) in [5.41, 5.74) is 2.78. The molecule has 1 aromatic carbocycles. The van der Waals surface area contributed by atoms with Gasteiger partial charge in [0.25, 0.3) is 0 Å². The number of likely N-dealkylation sites (tertiary alicyclic amines) is 1. The van der Waals surface area contributed by atoms with E-state index in [1.54, 1.807) is 0 Å². The highest BCUT2D eigenvalue weighted by Gasteiger charge is 2.39. The zero-order chi connectivity index (χ0) is 18.5. The molecular weight excluding hydrogens is 463 g/mol. The van der Waals surface area contributed by atoms with Crippen LogP contribution < -0.4 is 5.32 Å². The third kappa shape index (κ3) is 4.85. The molecule has 0 amide bonds. The van der Waals surface area contributed by atoms with Gasteiger partial charge in [0.1, 0.15) is 6.33 Å². The number of aromatic nitrogens is 3. The topological polar surface area (TPSA) is 69.2 Å². The van der Waals surface area contributed by atoms with Crippen molar-refractivity contribution in [1.82, 2.24) is 25.4 Å². The van der Waals surface area contributed by atoms with Gasteiger partial charge in [-0.25, -0.2) is 9.98 Å². The first-order valence-corrected chi connectivity index (χ1v) is 10.3. The number of aliphatic imine (C=N–C) groups is 1. The first-order valence-electron chi connectivity index (χ1n) is 10.3. The van der Waals surface area contributed by atoms with Gasteiger partial charge in [0, 0.05) is 25.2 Å². The fraction of sp³-hybridized carbons (Fsp3) is 0.571. The third-order valence-electron chi connectivity index (χ3n) is 6.01. The Labute approximate surface area is 184 Å². The molecule has 1 aromatic heterocycles. The van der Waals surface area contributed by atoms with Crippen LogP contribution in [0.3, 0.4) is 0 Å². The van der Waals surface area contributed by atoms with Crippen molar-refractivity contribution < 1.29 is 0 Å². The predicted octanol–water partition coefficient (Wildman–Crippen LogP) is 4.21. The first kappa shape index (κ1) is 21.1. The highest BCUT2D eigenvalue weighted by molar-refractivity contribution is 14.0. The summed E-state index contributed by atoms with van der Waals surface area (Å²) in [6.45, 7) is 6.02. The maximum atomic E-state index is 4.95. The monoisotopic (exact) mass is 494 g/mol. The van der Waals surface area contributed by atoms with Crippen LogP contribution in [0.4, 0.5) is 0 Å². The number of guanidine groups is 1. The summed E-state index contributed by atoms with van der Waals surface area (Å²) < 4.78 is 0. The largest absolute Gasteiger partial charge is 0.357 e. The lowest BCUT2D eigenvalue weighted by molar-refractivity contribution is 0.203. The van der Waals surface area contributed by atoms with Crippen molar-refractivity contribution >= 4 is 29.9 Å². The number of benzene rings is 1. The van der Waals surface area contributed by atoms with Crippen LogP contribution in [0.5, 0.6) is 0 Å². The van der Waals surface area contributed by atoms with E-state index in [1.165, 1.54) is 50.4 Å². The number of nitrogens with zero attached hydrogens (tertiary/aromatic N) is 4. The summed E-state index contributed by atoms with van der Waals surface area (Å²) >= 11 is 0. The van der Waals surface area contributed by atoms with Crippen LogP contribution in [0.15, 0.2) is 35.6 Å². The quantitative estimate of drug-likeness (QED) is 0.380. The van der Waals surface area contributed by atoms with Crippen molar-refractivity contribution in [3.8, 4) is 11.4 Å². The lowest BCUT2D eigenvalue weighted by Gasteiger charge is -2.33. The average Bonchev–Trinajstić information content (AvgIpc) is 3.37. The first-order chi connectivity index (χ1) is 13.3. The SMILES string of the molecule is CCNC(=NCc1cccc(-c2ncn[nH]2)c1)N1CCC2(CCCCC2)C1.I. The van der Waals surface area contributed by atoms with Gasteiger partial charge in [-0.1, -0.05) is 37.5 Å². The van der Waals surface area contributed by atoms with Gasteiger partial charge in [-0.2, -0.15) is 5.10 Å². The Morgan fingerprint density at radius 2 is 2.11 bits per heavy atom. The molecule has 6 nitrogen and oxygen atoms in total. The van der Waals surface area contributed by atoms with E-state index in [9.17, 15) is 0 Å². The Kier molecular flexibility index (Phi) is 7.31. The summed E-state index contributed by atoms with van der Waals surface area (Å²) in [5.74, 6) is 1.86. The molecular formula is C21H31IN6. The van der Waals surface area contributed by atoms with Crippen LogP contribution in [0.25, 0.3) is 11.4 Å². The van der Waals surface area contributed by atoms with E-state index in [0.29, 0.717) is 12.0 Å². The van der Waals surface area contributed by atoms with Gasteiger partial charge in [-0.05, 0) is 43.2 Å². The van der Waals surface area contributed by atoms with Crippen LogP contribution in [-0.4, -0.2) is 45.7 Å². The highest BCUT2D eigenvalue weighted by Crippen LogP contribution is 2.43. The summed E-state index contributed by atoms with van der Waals surface area (Å²) in [6, 6.07) is 8.37. The van der Waals surface area contributed by atoms with E-state index in [0.717, 1.165) is 37.0 Å². The van der Waals surface area contributed by atoms with E-state index in [-0.39, 0.29) is 24.0 Å². The number of hydrogen-bond acceptors (Lipinski definition) is 3. The fourth-order valence-electron chi connectivity index (χ4n) is 4.58. The minimum Gasteiger partial charge on any atom is -0.357 e. The normalized spacial score (nSPS) is 18.9. The van der Waals surface area contributed by atoms with Crippen LogP contribution in [0, 0.1) is 5.41 Å². The summed E-state index contributed by atoms with van der Waals surface area (Å²) in [4.78, 5) is 11.7. The molecule has 2 aliphatic rings. The van der Waals surface area contributed by atoms with Gasteiger partial charge >= 0.3 is 0 Å². The molecule has 1 spiro atoms. The van der Waals surface area contributed by atoms with Crippen molar-refractivity contribution in [3.05, 3.63) is 36.2 Å². The molecule has 152 valence electrons. The van der Waals surface area contributed by atoms with Crippen molar-refractivity contribution in [2.75, 3.05) is 19.6 Å². The Morgan fingerprint density at radius 1 is 1.25 bits per heavy atom. The molecule has 28 heavy (non-hydrogen) atoms. The number of hydrogen-bond donors (Lipinski definition) is 2. The number of halogens is 1. The molecule has 7 heteroatoms. The molecule has 2 N–H and O–H groups in total. The second-order valence-corrected chi connectivity index (χ2v) is 7.94. The molecule has 1 saturated carbocycles. The van der Waals surface area contributed by atoms with Gasteiger partial charge in [0.2, 0.25) is 0 Å². The number of nitrogens with one attached hydrogen (secondary N) is 2. The lowest BCUT2D eigenvalue weighted by atomic mass is 9.73. The highest BCUT2D eigenvalue weighted by atomic mass is 127. The van der Waals surface area contributed by atoms with E-state index in [2.05, 4.69) is 50.5 Å². The zero-order valence-electron chi connectivity index (χ0n) is 16.7. The second-order valence-electron chi connectivity index (χ2n) is 7.94. The summed E-state index contributed by atoms with van der Waals surface area (Å²) in [5, 5.41) is 10.4. The van der Waals surface area contributed by atoms with Gasteiger partial charge in [0.15, 0.2) is 11.8 Å². The molecule has 2 fully saturated rings. The van der Waals surface area contributed by atoms with Crippen LogP contribution in [0.2, 0.25) is 0 Å². The Morgan fingerprint density at radius 3 is 2.86 bits per heavy atom. The second kappa shape index (κ2) is 9.71. The van der Waals surface area contributed by atoms with Crippen LogP contribution >= 0.6 is 24.0 Å². The molecule has 4 rings (SSSR count). The predicted molar refractivity (Wildman–Crippen MR) is 124 cm³/mol. The average molecular weight is 494 g/mol. The number of rotatable bonds is 4. The molecule has 0 bridgehead atoms. The molecule has 1 aliphatic carbocycles. The van der Waals surface area contributed by atoms with Crippen molar-refractivity contribution in [1.29, 1.82) is 0 Å². The van der Waals surface area contributed by atoms with Gasteiger partial charge in [-0.3, -0.25) is 5.10 Å². The minimum atomic E-state index is 0. The summed E-state index contributed by atoms with van der Waals surface area (Å²) in [7, 11) is 0. The number of aromatic amines is 1. The molecule has 0 atom stereocenters. The Balaban J connectivity index is 0.00000225. The third-order valence-corrected chi connectivity index (χ3v) is 6.01. The van der Waals surface area contributed by atoms with Crippen LogP contribution in [0.1, 0.15) is 51.0 Å². The molecule has 2 aromatic rings. The van der Waals surface area contributed by atoms with Crippen LogP contribution in [-0.2, 0) is 6.54 Å². The van der Waals surface area contributed by atoms with Gasteiger partial charge < -0.3 is 10.2 Å². The summed E-state index contributed by atoms with van der Waals surface area (Å²) in [6.07, 6.45) is 9.85. The molecule has 1 saturated heterocycles. The van der Waals surface area contributed by atoms with Gasteiger partial charge in [0.05, 0.1) is 6.54 Å². The van der Waals surface area contributed by atoms with Crippen molar-refractivity contribution in [3.63, 3.8) is 0 Å². The lowest BCUT2D eigenvalue weighted by Crippen LogP contribution is -2.41. The Bertz CT molecular complexity index is 767. The van der Waals surface area contributed by atoms with E-state index in [4.69, 9.17) is 4.99 Å². The maximum absolute atomic E-state index is 4.95. The van der Waals surface area contributed by atoms with E-state index < -0.39 is 0 Å². The standard InChI is InChI=1S/C21H30N6.HI/c1-2-22-20(27-12-11-21(15-27)9-4-3-5-10-21)23-14-17-7-6-8-18(13-17)19-24-16-25-26-19;/h6-8,13,16H,2-5,9-12,14-15H2,1H3,(H,22,23)(H,24,25,26);1H. The molecule has 0 radical (unpaired) electrons. The zero-order valence-corrected chi connectivity index (χ0v) is 19.0. The molecule has 1 aliphatic heterocycles. The van der Waals surface area contributed by atoms with Crippen molar-refractivity contribution in [2.24, 2.45) is 10.4 Å². The van der Waals surface area contributed by atoms with E-state index >= 15 is 0 Å². The smallest absolute Gasteiger partial charge is 0.194 e. The fourth-order valence-corrected chi connectivity index (χ4v) is 4.58. The Hall–Kier alpha value is -1.64. The number of H-pyrrole nitrogens is 1. The minimum absolute atomic E-state index is 0. The molecule has 0 unspecified atom stereocenters. The van der Waals surface area contributed by atoms with Gasteiger partial charge in [-0.15, -0.1) is 24.0 Å². The maximum Gasteiger partial charge on any atom is 0.194 e. The van der Waals surface area contributed by atoms with Crippen molar-refractivity contribution in [2.45, 2.75) is 52.0 Å². The molecule has 2 heterocycles.